The predicted molar refractivity (Wildman–Crippen MR) is 63.7 cm³/mol. The summed E-state index contributed by atoms with van der Waals surface area (Å²) in [6.07, 6.45) is 4.51. The molecule has 2 rings (SSSR count). The van der Waals surface area contributed by atoms with Gasteiger partial charge in [-0.1, -0.05) is 6.92 Å². The van der Waals surface area contributed by atoms with E-state index in [0.29, 0.717) is 12.5 Å². The van der Waals surface area contributed by atoms with E-state index in [9.17, 15) is 0 Å². The molecule has 4 nitrogen and oxygen atoms in total. The van der Waals surface area contributed by atoms with Gasteiger partial charge in [-0.15, -0.1) is 0 Å². The van der Waals surface area contributed by atoms with Crippen LogP contribution in [0, 0.1) is 5.92 Å². The maximum absolute atomic E-state index is 5.59. The quantitative estimate of drug-likeness (QED) is 0.815. The number of nitrogens with two attached hydrogens (primary N) is 1. The second-order valence-corrected chi connectivity index (χ2v) is 3.99. The molecule has 0 aliphatic carbocycles. The second kappa shape index (κ2) is 4.90. The van der Waals surface area contributed by atoms with Gasteiger partial charge in [-0.05, 0) is 30.7 Å². The van der Waals surface area contributed by atoms with Gasteiger partial charge in [-0.3, -0.25) is 0 Å². The zero-order chi connectivity index (χ0) is 11.4. The lowest BCUT2D eigenvalue weighted by Crippen LogP contribution is -2.14. The van der Waals surface area contributed by atoms with Gasteiger partial charge in [-0.25, -0.2) is 9.97 Å². The van der Waals surface area contributed by atoms with E-state index in [2.05, 4.69) is 21.9 Å². The monoisotopic (exact) mass is 216 g/mol. The summed E-state index contributed by atoms with van der Waals surface area (Å²) in [5, 5.41) is 0. The first kappa shape index (κ1) is 10.8. The minimum Gasteiger partial charge on any atom is -0.360 e. The van der Waals surface area contributed by atoms with E-state index in [0.717, 1.165) is 23.6 Å². The zero-order valence-electron chi connectivity index (χ0n) is 9.35. The molecule has 0 spiro atoms. The van der Waals surface area contributed by atoms with Crippen LogP contribution in [-0.4, -0.2) is 21.5 Å². The van der Waals surface area contributed by atoms with Crippen molar-refractivity contribution in [3.63, 3.8) is 0 Å². The maximum Gasteiger partial charge on any atom is 0.129 e. The summed E-state index contributed by atoms with van der Waals surface area (Å²) < 4.78 is 0. The van der Waals surface area contributed by atoms with Gasteiger partial charge in [0, 0.05) is 18.8 Å². The van der Waals surface area contributed by atoms with Gasteiger partial charge in [0.1, 0.15) is 5.82 Å². The molecule has 0 aromatic carbocycles. The predicted octanol–water partition coefficient (Wildman–Crippen LogP) is 1.61. The highest BCUT2D eigenvalue weighted by molar-refractivity contribution is 5.53. The molecule has 0 aliphatic rings. The van der Waals surface area contributed by atoms with Gasteiger partial charge in [0.2, 0.25) is 0 Å². The molecule has 0 bridgehead atoms. The van der Waals surface area contributed by atoms with E-state index in [1.165, 1.54) is 0 Å². The number of nitrogens with one attached hydrogen (secondary N) is 1. The number of nitrogens with zero attached hydrogens (tertiary/aromatic N) is 2. The third-order valence-electron chi connectivity index (χ3n) is 2.51. The molecule has 0 saturated heterocycles. The number of H-pyrrole nitrogens is 1. The summed E-state index contributed by atoms with van der Waals surface area (Å²) in [7, 11) is 0. The molecule has 0 saturated carbocycles. The molecule has 1 atom stereocenters. The SMILES string of the molecule is CC(CN)Cc1nccc(-c2ccc[nH]2)n1. The Morgan fingerprint density at radius 2 is 2.31 bits per heavy atom. The molecule has 0 radical (unpaired) electrons. The first-order valence-corrected chi connectivity index (χ1v) is 5.45. The van der Waals surface area contributed by atoms with Crippen LogP contribution in [-0.2, 0) is 6.42 Å². The van der Waals surface area contributed by atoms with Crippen molar-refractivity contribution in [1.82, 2.24) is 15.0 Å². The number of hydrogen-bond acceptors (Lipinski definition) is 3. The highest BCUT2D eigenvalue weighted by atomic mass is 14.9. The standard InChI is InChI=1S/C12H16N4/c1-9(8-13)7-12-15-6-4-11(16-12)10-3-2-5-14-10/h2-6,9,14H,7-8,13H2,1H3. The van der Waals surface area contributed by atoms with Crippen LogP contribution in [0.3, 0.4) is 0 Å². The van der Waals surface area contributed by atoms with Gasteiger partial charge in [-0.2, -0.15) is 0 Å². The lowest BCUT2D eigenvalue weighted by atomic mass is 10.1. The fraction of sp³-hybridized carbons (Fsp3) is 0.333. The molecular weight excluding hydrogens is 200 g/mol. The zero-order valence-corrected chi connectivity index (χ0v) is 9.35. The first-order valence-electron chi connectivity index (χ1n) is 5.45. The molecule has 3 N–H and O–H groups in total. The molecule has 2 aromatic heterocycles. The number of aromatic nitrogens is 3. The summed E-state index contributed by atoms with van der Waals surface area (Å²) in [6.45, 7) is 2.76. The van der Waals surface area contributed by atoms with Crippen molar-refractivity contribution >= 4 is 0 Å². The maximum atomic E-state index is 5.59. The van der Waals surface area contributed by atoms with Crippen molar-refractivity contribution in [3.8, 4) is 11.4 Å². The number of rotatable bonds is 4. The van der Waals surface area contributed by atoms with Crippen molar-refractivity contribution in [2.24, 2.45) is 11.7 Å². The largest absolute Gasteiger partial charge is 0.360 e. The van der Waals surface area contributed by atoms with Gasteiger partial charge < -0.3 is 10.7 Å². The summed E-state index contributed by atoms with van der Waals surface area (Å²) in [6, 6.07) is 5.86. The van der Waals surface area contributed by atoms with Gasteiger partial charge in [0.15, 0.2) is 0 Å². The minimum absolute atomic E-state index is 0.416. The second-order valence-electron chi connectivity index (χ2n) is 3.99. The third-order valence-corrected chi connectivity index (χ3v) is 2.51. The Balaban J connectivity index is 2.20. The minimum atomic E-state index is 0.416. The van der Waals surface area contributed by atoms with E-state index in [-0.39, 0.29) is 0 Å². The van der Waals surface area contributed by atoms with Crippen LogP contribution in [0.25, 0.3) is 11.4 Å². The average molecular weight is 216 g/mol. The Kier molecular flexibility index (Phi) is 3.31. The molecule has 4 heteroatoms. The van der Waals surface area contributed by atoms with Crippen LogP contribution in [0.2, 0.25) is 0 Å². The van der Waals surface area contributed by atoms with E-state index in [1.807, 2.05) is 24.4 Å². The van der Waals surface area contributed by atoms with Crippen LogP contribution in [0.15, 0.2) is 30.6 Å². The fourth-order valence-electron chi connectivity index (χ4n) is 1.53. The highest BCUT2D eigenvalue weighted by Crippen LogP contribution is 2.14. The Labute approximate surface area is 94.9 Å². The number of aromatic amines is 1. The molecule has 84 valence electrons. The Bertz CT molecular complexity index is 436. The Morgan fingerprint density at radius 1 is 1.44 bits per heavy atom. The van der Waals surface area contributed by atoms with Crippen LogP contribution in [0.4, 0.5) is 0 Å². The highest BCUT2D eigenvalue weighted by Gasteiger charge is 2.06. The average Bonchev–Trinajstić information content (AvgIpc) is 2.83. The van der Waals surface area contributed by atoms with Crippen LogP contribution < -0.4 is 5.73 Å². The van der Waals surface area contributed by atoms with Crippen molar-refractivity contribution in [2.75, 3.05) is 6.54 Å². The summed E-state index contributed by atoms with van der Waals surface area (Å²) >= 11 is 0. The van der Waals surface area contributed by atoms with Crippen LogP contribution in [0.5, 0.6) is 0 Å². The smallest absolute Gasteiger partial charge is 0.129 e. The van der Waals surface area contributed by atoms with Gasteiger partial charge >= 0.3 is 0 Å². The molecule has 0 amide bonds. The number of hydrogen-bond donors (Lipinski definition) is 2. The molecule has 0 aliphatic heterocycles. The summed E-state index contributed by atoms with van der Waals surface area (Å²) in [4.78, 5) is 11.9. The van der Waals surface area contributed by atoms with Crippen molar-refractivity contribution < 1.29 is 0 Å². The van der Waals surface area contributed by atoms with E-state index in [4.69, 9.17) is 5.73 Å². The Morgan fingerprint density at radius 3 is 3.00 bits per heavy atom. The molecule has 2 heterocycles. The molecule has 0 fully saturated rings. The van der Waals surface area contributed by atoms with Gasteiger partial charge in [0.25, 0.3) is 0 Å². The lowest BCUT2D eigenvalue weighted by molar-refractivity contribution is 0.574. The van der Waals surface area contributed by atoms with Gasteiger partial charge in [0.05, 0.1) is 11.4 Å². The van der Waals surface area contributed by atoms with Crippen molar-refractivity contribution in [2.45, 2.75) is 13.3 Å². The molecular formula is C12H16N4. The summed E-state index contributed by atoms with van der Waals surface area (Å²) in [5.41, 5.74) is 7.54. The third kappa shape index (κ3) is 2.46. The van der Waals surface area contributed by atoms with E-state index >= 15 is 0 Å². The molecule has 1 unspecified atom stereocenters. The van der Waals surface area contributed by atoms with E-state index in [1.54, 1.807) is 6.20 Å². The van der Waals surface area contributed by atoms with E-state index < -0.39 is 0 Å². The van der Waals surface area contributed by atoms with Crippen molar-refractivity contribution in [1.29, 1.82) is 0 Å². The molecule has 2 aromatic rings. The topological polar surface area (TPSA) is 67.6 Å². The molecule has 16 heavy (non-hydrogen) atoms. The Hall–Kier alpha value is -1.68. The van der Waals surface area contributed by atoms with Crippen LogP contribution in [0.1, 0.15) is 12.7 Å². The van der Waals surface area contributed by atoms with Crippen LogP contribution >= 0.6 is 0 Å². The lowest BCUT2D eigenvalue weighted by Gasteiger charge is -2.07. The summed E-state index contributed by atoms with van der Waals surface area (Å²) in [5.74, 6) is 1.27. The first-order chi connectivity index (χ1) is 7.79. The normalized spacial score (nSPS) is 12.6. The van der Waals surface area contributed by atoms with Crippen molar-refractivity contribution in [3.05, 3.63) is 36.4 Å². The fourth-order valence-corrected chi connectivity index (χ4v) is 1.53.